The van der Waals surface area contributed by atoms with Crippen LogP contribution in [0.1, 0.15) is 6.42 Å². The summed E-state index contributed by atoms with van der Waals surface area (Å²) in [5.41, 5.74) is 13.2. The van der Waals surface area contributed by atoms with Gasteiger partial charge in [-0.05, 0) is 77.2 Å². The van der Waals surface area contributed by atoms with Gasteiger partial charge in [-0.3, -0.25) is 0 Å². The Balaban J connectivity index is 1.12. The summed E-state index contributed by atoms with van der Waals surface area (Å²) in [6, 6.07) is 50.0. The smallest absolute Gasteiger partial charge is 0.171 e. The normalized spacial score (nSPS) is 18.4. The third-order valence-corrected chi connectivity index (χ3v) is 15.7. The molecule has 2 nitrogen and oxygen atoms in total. The summed E-state index contributed by atoms with van der Waals surface area (Å²) < 4.78 is 21.5. The highest BCUT2D eigenvalue weighted by Gasteiger charge is 2.41. The van der Waals surface area contributed by atoms with Crippen LogP contribution in [-0.2, 0) is 4.57 Å². The van der Waals surface area contributed by atoms with Gasteiger partial charge in [0.1, 0.15) is 0 Å². The number of hydrogen-bond acceptors (Lipinski definition) is 2. The summed E-state index contributed by atoms with van der Waals surface area (Å²) in [5.74, 6) is 0.103. The number of benzene rings is 6. The first-order valence-corrected chi connectivity index (χ1v) is 21.3. The van der Waals surface area contributed by atoms with E-state index in [1.807, 2.05) is 35.6 Å². The van der Waals surface area contributed by atoms with Crippen molar-refractivity contribution < 1.29 is 4.57 Å². The maximum Gasteiger partial charge on any atom is 0.171 e. The van der Waals surface area contributed by atoms with Crippen molar-refractivity contribution in [2.45, 2.75) is 6.42 Å². The number of thiophene rings is 1. The molecule has 3 aliphatic rings. The first-order valence-electron chi connectivity index (χ1n) is 18.8. The summed E-state index contributed by atoms with van der Waals surface area (Å²) >= 11 is 1.85. The van der Waals surface area contributed by atoms with Crippen LogP contribution < -0.4 is 10.6 Å². The zero-order chi connectivity index (χ0) is 36.5. The van der Waals surface area contributed by atoms with Gasteiger partial charge in [0.25, 0.3) is 0 Å². The molecule has 0 amide bonds. The molecule has 0 saturated heterocycles. The van der Waals surface area contributed by atoms with Crippen LogP contribution in [0.2, 0.25) is 0 Å². The maximum atomic E-state index is 16.5. The molecule has 6 aromatic carbocycles. The lowest BCUT2D eigenvalue weighted by Gasteiger charge is -2.27. The number of fused-ring (bicyclic) bond motifs is 10. The minimum atomic E-state index is -3.36. The van der Waals surface area contributed by atoms with Crippen LogP contribution in [0.5, 0.6) is 0 Å². The zero-order valence-electron chi connectivity index (χ0n) is 29.9. The molecular weight excluding hydrogens is 706 g/mol. The fourth-order valence-corrected chi connectivity index (χ4v) is 13.1. The molecule has 0 spiro atoms. The second-order valence-corrected chi connectivity index (χ2v) is 18.2. The molecule has 0 bridgehead atoms. The Bertz CT molecular complexity index is 3140. The highest BCUT2D eigenvalue weighted by Crippen LogP contribution is 2.60. The van der Waals surface area contributed by atoms with Crippen LogP contribution in [0.25, 0.3) is 70.3 Å². The molecule has 2 atom stereocenters. The van der Waals surface area contributed by atoms with Gasteiger partial charge in [-0.25, -0.2) is 0 Å². The Morgan fingerprint density at radius 2 is 1.38 bits per heavy atom. The van der Waals surface area contributed by atoms with Gasteiger partial charge >= 0.3 is 0 Å². The van der Waals surface area contributed by atoms with E-state index < -0.39 is 7.14 Å². The van der Waals surface area contributed by atoms with Crippen molar-refractivity contribution in [3.63, 3.8) is 0 Å². The van der Waals surface area contributed by atoms with Gasteiger partial charge in [-0.2, -0.15) is 0 Å². The monoisotopic (exact) mass is 739 g/mol. The molecule has 4 heteroatoms. The summed E-state index contributed by atoms with van der Waals surface area (Å²) in [7, 11) is -3.36. The number of rotatable bonds is 4. The first-order chi connectivity index (χ1) is 27.2. The number of allylic oxidation sites excluding steroid dienone is 9. The highest BCUT2D eigenvalue weighted by atomic mass is 32.1. The summed E-state index contributed by atoms with van der Waals surface area (Å²) in [4.78, 5) is 0. The molecule has 1 aliphatic heterocycles. The van der Waals surface area contributed by atoms with Crippen LogP contribution in [-0.4, -0.2) is 4.57 Å². The zero-order valence-corrected chi connectivity index (χ0v) is 31.6. The average molecular weight is 740 g/mol. The molecule has 0 fully saturated rings. The van der Waals surface area contributed by atoms with Gasteiger partial charge in [0, 0.05) is 64.2 Å². The standard InChI is InChI=1S/C51H34NOPS/c53-54(39-17-13-16-36(32-39)34-14-3-1-2-4-15-34)46-23-10-6-20-42(46)50-41-19-5-9-22-45(41)52(51(50)43-21-7-11-24-47(43)54)38-29-26-35(27-30-38)37-28-31-49-44(33-37)40-18-8-12-25-48(40)55-49/h1-3,5-15,17-33,36H,16H2. The van der Waals surface area contributed by atoms with Crippen molar-refractivity contribution in [2.24, 2.45) is 5.92 Å². The third kappa shape index (κ3) is 4.98. The molecular formula is C51H34NOPS. The second-order valence-electron chi connectivity index (χ2n) is 14.4. The molecule has 260 valence electrons. The third-order valence-electron chi connectivity index (χ3n) is 11.4. The van der Waals surface area contributed by atoms with Crippen LogP contribution in [0.4, 0.5) is 0 Å². The van der Waals surface area contributed by atoms with E-state index in [1.54, 1.807) is 0 Å². The molecule has 2 aliphatic carbocycles. The van der Waals surface area contributed by atoms with E-state index >= 15 is 4.57 Å². The molecule has 0 saturated carbocycles. The number of hydrogen-bond donors (Lipinski definition) is 0. The molecule has 2 aromatic heterocycles. The van der Waals surface area contributed by atoms with Gasteiger partial charge in [0.05, 0.1) is 11.2 Å². The molecule has 0 N–H and O–H groups in total. The summed E-state index contributed by atoms with van der Waals surface area (Å²) in [6.45, 7) is 0. The Hall–Kier alpha value is -6.21. The lowest BCUT2D eigenvalue weighted by Crippen LogP contribution is -2.20. The van der Waals surface area contributed by atoms with Crippen molar-refractivity contribution in [3.05, 3.63) is 205 Å². The maximum absolute atomic E-state index is 16.5. The molecule has 2 unspecified atom stereocenters. The second kappa shape index (κ2) is 12.7. The summed E-state index contributed by atoms with van der Waals surface area (Å²) in [6.07, 6.45) is 17.6. The fraction of sp³-hybridized carbons (Fsp3) is 0.0392. The number of aromatic nitrogens is 1. The molecule has 11 rings (SSSR count). The minimum Gasteiger partial charge on any atom is -0.309 e. The topological polar surface area (TPSA) is 22.0 Å². The van der Waals surface area contributed by atoms with E-state index in [9.17, 15) is 0 Å². The van der Waals surface area contributed by atoms with Crippen LogP contribution in [0, 0.1) is 5.92 Å². The van der Waals surface area contributed by atoms with E-state index in [2.05, 4.69) is 174 Å². The average Bonchev–Trinajstić information content (AvgIpc) is 3.62. The van der Waals surface area contributed by atoms with Crippen molar-refractivity contribution in [1.82, 2.24) is 4.57 Å². The van der Waals surface area contributed by atoms with Crippen molar-refractivity contribution in [2.75, 3.05) is 0 Å². The van der Waals surface area contributed by atoms with Crippen LogP contribution in [0.3, 0.4) is 0 Å². The van der Waals surface area contributed by atoms with Gasteiger partial charge in [-0.15, -0.1) is 17.1 Å². The van der Waals surface area contributed by atoms with E-state index in [4.69, 9.17) is 0 Å². The lowest BCUT2D eigenvalue weighted by atomic mass is 9.92. The van der Waals surface area contributed by atoms with Crippen molar-refractivity contribution >= 4 is 60.2 Å². The Kier molecular flexibility index (Phi) is 7.44. The SMILES string of the molecule is O=P1(C2=CC(C3=CC=CC=C=C3)CC=C2)c2ccccc2-c2c(n(-c3ccc(-c4ccc5sc6ccccc6c5c4)cc3)c3ccccc23)-c2ccccc21. The Morgan fingerprint density at radius 3 is 2.25 bits per heavy atom. The first kappa shape index (κ1) is 32.2. The fourth-order valence-electron chi connectivity index (χ4n) is 8.87. The lowest BCUT2D eigenvalue weighted by molar-refractivity contribution is 0.590. The van der Waals surface area contributed by atoms with Gasteiger partial charge in [0.15, 0.2) is 7.14 Å². The van der Waals surface area contributed by atoms with E-state index in [0.29, 0.717) is 0 Å². The van der Waals surface area contributed by atoms with Crippen molar-refractivity contribution in [3.8, 4) is 39.2 Å². The number of nitrogens with zero attached hydrogens (tertiary/aromatic N) is 1. The van der Waals surface area contributed by atoms with Gasteiger partial charge in [-0.1, -0.05) is 140 Å². The molecule has 8 aromatic rings. The van der Waals surface area contributed by atoms with Crippen molar-refractivity contribution in [1.29, 1.82) is 0 Å². The number of para-hydroxylation sites is 1. The summed E-state index contributed by atoms with van der Waals surface area (Å²) in [5, 5.41) is 6.40. The van der Waals surface area contributed by atoms with Crippen LogP contribution >= 0.6 is 18.5 Å². The van der Waals surface area contributed by atoms with E-state index in [0.717, 1.165) is 61.3 Å². The quantitative estimate of drug-likeness (QED) is 0.130. The van der Waals surface area contributed by atoms with Crippen LogP contribution in [0.15, 0.2) is 205 Å². The predicted molar refractivity (Wildman–Crippen MR) is 235 cm³/mol. The van der Waals surface area contributed by atoms with E-state index in [-0.39, 0.29) is 5.92 Å². The largest absolute Gasteiger partial charge is 0.309 e. The van der Waals surface area contributed by atoms with E-state index in [1.165, 1.54) is 36.9 Å². The molecule has 0 radical (unpaired) electrons. The Morgan fingerprint density at radius 1 is 0.673 bits per heavy atom. The predicted octanol–water partition coefficient (Wildman–Crippen LogP) is 13.3. The Labute approximate surface area is 324 Å². The minimum absolute atomic E-state index is 0.103. The molecule has 55 heavy (non-hydrogen) atoms. The van der Waals surface area contributed by atoms with Gasteiger partial charge in [0.2, 0.25) is 0 Å². The van der Waals surface area contributed by atoms with Gasteiger partial charge < -0.3 is 9.13 Å². The molecule has 3 heterocycles. The highest BCUT2D eigenvalue weighted by molar-refractivity contribution is 7.83.